The number of rotatable bonds is 9. The molecule has 1 saturated heterocycles. The highest BCUT2D eigenvalue weighted by atomic mass is 32.1. The molecule has 6 nitrogen and oxygen atoms in total. The van der Waals surface area contributed by atoms with Gasteiger partial charge in [0.05, 0.1) is 13.2 Å². The zero-order valence-electron chi connectivity index (χ0n) is 18.8. The number of nitrogens with one attached hydrogen (secondary N) is 2. The molecule has 2 aromatic rings. The molecule has 2 heterocycles. The van der Waals surface area contributed by atoms with Gasteiger partial charge in [-0.05, 0) is 62.8 Å². The average molecular weight is 446 g/mol. The second-order valence-corrected chi connectivity index (χ2v) is 9.10. The third kappa shape index (κ3) is 6.21. The maximum absolute atomic E-state index is 10.8. The molecule has 170 valence electrons. The molecule has 1 aromatic carbocycles. The first-order valence-corrected chi connectivity index (χ1v) is 12.0. The summed E-state index contributed by atoms with van der Waals surface area (Å²) in [5.41, 5.74) is 0.269. The molecule has 1 unspecified atom stereocenters. The quantitative estimate of drug-likeness (QED) is 0.406. The molecule has 0 saturated carbocycles. The predicted octanol–water partition coefficient (Wildman–Crippen LogP) is 3.66. The molecule has 3 rings (SSSR count). The van der Waals surface area contributed by atoms with Gasteiger partial charge in [0.1, 0.15) is 11.4 Å². The standard InChI is InChI=1S/C24H35N3O3S/c1-4-25-22(26-17-23(3,28)21-7-6-16-31-21)27-18-24(12-14-29-15-13-24)19-8-10-20(11-9-19)30-5-2/h6-11,16,28H,4-5,12-15,17-18H2,1-3H3,(H2,25,26,27). The molecule has 1 aliphatic heterocycles. The summed E-state index contributed by atoms with van der Waals surface area (Å²) in [7, 11) is 0. The molecule has 0 bridgehead atoms. The molecule has 1 atom stereocenters. The summed E-state index contributed by atoms with van der Waals surface area (Å²) in [6, 6.07) is 12.3. The largest absolute Gasteiger partial charge is 0.494 e. The Balaban J connectivity index is 1.73. The van der Waals surface area contributed by atoms with Crippen LogP contribution in [-0.2, 0) is 15.8 Å². The number of hydrogen-bond acceptors (Lipinski definition) is 5. The topological polar surface area (TPSA) is 75.1 Å². The fourth-order valence-electron chi connectivity index (χ4n) is 3.89. The van der Waals surface area contributed by atoms with Crippen LogP contribution in [0.2, 0.25) is 0 Å². The lowest BCUT2D eigenvalue weighted by Crippen LogP contribution is -2.48. The Hall–Kier alpha value is -2.09. The van der Waals surface area contributed by atoms with Crippen molar-refractivity contribution in [2.75, 3.05) is 39.5 Å². The van der Waals surface area contributed by atoms with Crippen LogP contribution >= 0.6 is 11.3 Å². The van der Waals surface area contributed by atoms with Crippen molar-refractivity contribution in [3.63, 3.8) is 0 Å². The monoisotopic (exact) mass is 445 g/mol. The van der Waals surface area contributed by atoms with Gasteiger partial charge in [0.2, 0.25) is 0 Å². The van der Waals surface area contributed by atoms with Gasteiger partial charge in [-0.25, -0.2) is 4.99 Å². The summed E-state index contributed by atoms with van der Waals surface area (Å²) in [5, 5.41) is 19.6. The van der Waals surface area contributed by atoms with Crippen LogP contribution < -0.4 is 15.4 Å². The molecule has 1 fully saturated rings. The minimum atomic E-state index is -0.984. The number of hydrogen-bond donors (Lipinski definition) is 3. The van der Waals surface area contributed by atoms with E-state index in [-0.39, 0.29) is 5.41 Å². The van der Waals surface area contributed by atoms with Crippen LogP contribution in [0.15, 0.2) is 46.8 Å². The lowest BCUT2D eigenvalue weighted by molar-refractivity contribution is 0.0513. The van der Waals surface area contributed by atoms with Gasteiger partial charge < -0.3 is 25.2 Å². The van der Waals surface area contributed by atoms with E-state index in [0.717, 1.165) is 55.7 Å². The van der Waals surface area contributed by atoms with Gasteiger partial charge in [-0.1, -0.05) is 18.2 Å². The van der Waals surface area contributed by atoms with Crippen LogP contribution in [0.4, 0.5) is 0 Å². The Kier molecular flexibility index (Phi) is 8.35. The van der Waals surface area contributed by atoms with E-state index in [1.807, 2.05) is 50.4 Å². The zero-order valence-corrected chi connectivity index (χ0v) is 19.6. The molecule has 0 radical (unpaired) electrons. The van der Waals surface area contributed by atoms with Crippen LogP contribution in [0.5, 0.6) is 5.75 Å². The number of benzene rings is 1. The highest BCUT2D eigenvalue weighted by molar-refractivity contribution is 7.10. The van der Waals surface area contributed by atoms with Gasteiger partial charge in [-0.2, -0.15) is 0 Å². The van der Waals surface area contributed by atoms with Gasteiger partial charge >= 0.3 is 0 Å². The first-order chi connectivity index (χ1) is 15.0. The molecular weight excluding hydrogens is 410 g/mol. The minimum Gasteiger partial charge on any atom is -0.494 e. The van der Waals surface area contributed by atoms with E-state index in [2.05, 4.69) is 27.8 Å². The Morgan fingerprint density at radius 3 is 2.55 bits per heavy atom. The Bertz CT molecular complexity index is 813. The molecule has 3 N–H and O–H groups in total. The molecular formula is C24H35N3O3S. The van der Waals surface area contributed by atoms with Crippen LogP contribution in [0.1, 0.15) is 44.1 Å². The third-order valence-corrected chi connectivity index (χ3v) is 6.89. The minimum absolute atomic E-state index is 0.0323. The Morgan fingerprint density at radius 1 is 1.19 bits per heavy atom. The molecule has 7 heteroatoms. The number of thiophene rings is 1. The molecule has 1 aliphatic rings. The van der Waals surface area contributed by atoms with E-state index in [1.54, 1.807) is 11.3 Å². The van der Waals surface area contributed by atoms with Crippen molar-refractivity contribution in [1.82, 2.24) is 10.6 Å². The summed E-state index contributed by atoms with van der Waals surface area (Å²) >= 11 is 1.55. The lowest BCUT2D eigenvalue weighted by atomic mass is 9.74. The fourth-order valence-corrected chi connectivity index (χ4v) is 4.67. The van der Waals surface area contributed by atoms with Crippen molar-refractivity contribution in [1.29, 1.82) is 0 Å². The molecule has 31 heavy (non-hydrogen) atoms. The highest BCUT2D eigenvalue weighted by Crippen LogP contribution is 2.35. The molecule has 1 aromatic heterocycles. The van der Waals surface area contributed by atoms with E-state index >= 15 is 0 Å². The van der Waals surface area contributed by atoms with Crippen molar-refractivity contribution in [2.24, 2.45) is 4.99 Å². The Morgan fingerprint density at radius 2 is 1.94 bits per heavy atom. The molecule has 0 spiro atoms. The van der Waals surface area contributed by atoms with Gasteiger partial charge in [-0.3, -0.25) is 0 Å². The molecule has 0 aliphatic carbocycles. The lowest BCUT2D eigenvalue weighted by Gasteiger charge is -2.38. The number of aliphatic hydroxyl groups is 1. The smallest absolute Gasteiger partial charge is 0.191 e. The summed E-state index contributed by atoms with van der Waals surface area (Å²) in [6.07, 6.45) is 1.89. The van der Waals surface area contributed by atoms with Crippen molar-refractivity contribution in [3.8, 4) is 5.75 Å². The number of aliphatic imine (C=N–C) groups is 1. The van der Waals surface area contributed by atoms with Crippen molar-refractivity contribution < 1.29 is 14.6 Å². The number of ether oxygens (including phenoxy) is 2. The van der Waals surface area contributed by atoms with Crippen molar-refractivity contribution in [2.45, 2.75) is 44.6 Å². The van der Waals surface area contributed by atoms with Gasteiger partial charge in [0, 0.05) is 36.6 Å². The SMILES string of the molecule is CCNC(=NCC(C)(O)c1cccs1)NCC1(c2ccc(OCC)cc2)CCOCC1. The van der Waals surface area contributed by atoms with E-state index in [4.69, 9.17) is 9.47 Å². The number of guanidine groups is 1. The highest BCUT2D eigenvalue weighted by Gasteiger charge is 2.35. The molecule has 0 amide bonds. The maximum Gasteiger partial charge on any atom is 0.191 e. The van der Waals surface area contributed by atoms with E-state index < -0.39 is 5.60 Å². The summed E-state index contributed by atoms with van der Waals surface area (Å²) < 4.78 is 11.3. The second-order valence-electron chi connectivity index (χ2n) is 8.15. The number of nitrogens with zero attached hydrogens (tertiary/aromatic N) is 1. The van der Waals surface area contributed by atoms with Crippen LogP contribution in [-0.4, -0.2) is 50.5 Å². The predicted molar refractivity (Wildman–Crippen MR) is 127 cm³/mol. The van der Waals surface area contributed by atoms with Gasteiger partial charge in [-0.15, -0.1) is 11.3 Å². The van der Waals surface area contributed by atoms with E-state index in [9.17, 15) is 5.11 Å². The van der Waals surface area contributed by atoms with E-state index in [0.29, 0.717) is 13.2 Å². The first kappa shape index (κ1) is 23.6. The second kappa shape index (κ2) is 11.0. The van der Waals surface area contributed by atoms with Gasteiger partial charge in [0.25, 0.3) is 0 Å². The van der Waals surface area contributed by atoms with Crippen LogP contribution in [0.3, 0.4) is 0 Å². The third-order valence-electron chi connectivity index (χ3n) is 5.76. The van der Waals surface area contributed by atoms with Crippen molar-refractivity contribution in [3.05, 3.63) is 52.2 Å². The maximum atomic E-state index is 10.8. The Labute approximate surface area is 189 Å². The summed E-state index contributed by atoms with van der Waals surface area (Å²) in [4.78, 5) is 5.61. The van der Waals surface area contributed by atoms with Crippen LogP contribution in [0, 0.1) is 0 Å². The van der Waals surface area contributed by atoms with Gasteiger partial charge in [0.15, 0.2) is 5.96 Å². The van der Waals surface area contributed by atoms with Crippen molar-refractivity contribution >= 4 is 17.3 Å². The zero-order chi connectivity index (χ0) is 22.2. The van der Waals surface area contributed by atoms with Crippen LogP contribution in [0.25, 0.3) is 0 Å². The summed E-state index contributed by atoms with van der Waals surface area (Å²) in [5.74, 6) is 1.61. The van der Waals surface area contributed by atoms with E-state index in [1.165, 1.54) is 5.56 Å². The normalized spacial score (nSPS) is 18.3. The summed E-state index contributed by atoms with van der Waals surface area (Å²) in [6.45, 7) is 9.81. The average Bonchev–Trinajstić information content (AvgIpc) is 3.33. The fraction of sp³-hybridized carbons (Fsp3) is 0.542. The first-order valence-electron chi connectivity index (χ1n) is 11.1.